The second-order valence-corrected chi connectivity index (χ2v) is 7.09. The lowest BCUT2D eigenvalue weighted by Gasteiger charge is -2.18. The number of methoxy groups -OCH3 is 2. The van der Waals surface area contributed by atoms with Crippen LogP contribution < -0.4 is 14.8 Å². The van der Waals surface area contributed by atoms with Crippen LogP contribution in [-0.4, -0.2) is 51.7 Å². The summed E-state index contributed by atoms with van der Waals surface area (Å²) in [6.07, 6.45) is 5.65. The molecule has 2 aromatic carbocycles. The van der Waals surface area contributed by atoms with Gasteiger partial charge in [0.1, 0.15) is 17.3 Å². The SMILES string of the molecule is COc1ccc(OC)c(CCN(C)CCCNC(=O)CC=Cc2ccc(F)cc2)c1. The van der Waals surface area contributed by atoms with Gasteiger partial charge in [-0.1, -0.05) is 24.3 Å². The number of hydrogen-bond acceptors (Lipinski definition) is 4. The average Bonchev–Trinajstić information content (AvgIpc) is 2.76. The molecule has 6 heteroatoms. The van der Waals surface area contributed by atoms with Gasteiger partial charge < -0.3 is 19.7 Å². The van der Waals surface area contributed by atoms with E-state index in [0.29, 0.717) is 13.0 Å². The average molecular weight is 415 g/mol. The first-order chi connectivity index (χ1) is 14.5. The minimum Gasteiger partial charge on any atom is -0.497 e. The van der Waals surface area contributed by atoms with Crippen LogP contribution in [0, 0.1) is 5.82 Å². The Labute approximate surface area is 178 Å². The number of rotatable bonds is 12. The van der Waals surface area contributed by atoms with E-state index in [2.05, 4.69) is 17.3 Å². The van der Waals surface area contributed by atoms with Crippen LogP contribution in [0.25, 0.3) is 6.08 Å². The molecule has 0 aliphatic carbocycles. The van der Waals surface area contributed by atoms with E-state index < -0.39 is 0 Å². The van der Waals surface area contributed by atoms with Gasteiger partial charge in [-0.2, -0.15) is 0 Å². The Bertz CT molecular complexity index is 822. The van der Waals surface area contributed by atoms with Crippen LogP contribution in [-0.2, 0) is 11.2 Å². The number of carbonyl (C=O) groups is 1. The van der Waals surface area contributed by atoms with Gasteiger partial charge in [-0.15, -0.1) is 0 Å². The standard InChI is InChI=1S/C24H31FN2O3/c1-27(17-14-20-18-22(29-2)12-13-23(20)30-3)16-5-15-26-24(28)7-4-6-19-8-10-21(25)11-9-19/h4,6,8-13,18H,5,7,14-17H2,1-3H3,(H,26,28). The zero-order valence-electron chi connectivity index (χ0n) is 18.0. The number of nitrogens with zero attached hydrogens (tertiary/aromatic N) is 1. The normalized spacial score (nSPS) is 11.1. The molecule has 0 aromatic heterocycles. The van der Waals surface area contributed by atoms with Gasteiger partial charge >= 0.3 is 0 Å². The fourth-order valence-corrected chi connectivity index (χ4v) is 3.03. The summed E-state index contributed by atoms with van der Waals surface area (Å²) in [7, 11) is 5.40. The molecule has 0 unspecified atom stereocenters. The first-order valence-electron chi connectivity index (χ1n) is 10.1. The number of amides is 1. The first kappa shape index (κ1) is 23.4. The molecule has 2 aromatic rings. The predicted molar refractivity (Wildman–Crippen MR) is 118 cm³/mol. The molecule has 2 rings (SSSR count). The molecule has 0 spiro atoms. The minimum atomic E-state index is -0.266. The Hall–Kier alpha value is -2.86. The van der Waals surface area contributed by atoms with Crippen molar-refractivity contribution in [2.24, 2.45) is 0 Å². The lowest BCUT2D eigenvalue weighted by molar-refractivity contribution is -0.120. The summed E-state index contributed by atoms with van der Waals surface area (Å²) in [5, 5.41) is 2.93. The van der Waals surface area contributed by atoms with E-state index >= 15 is 0 Å². The number of halogens is 1. The number of nitrogens with one attached hydrogen (secondary N) is 1. The molecule has 0 heterocycles. The number of likely N-dealkylation sites (N-methyl/N-ethyl adjacent to an activating group) is 1. The van der Waals surface area contributed by atoms with Crippen molar-refractivity contribution in [2.75, 3.05) is 40.9 Å². The Kier molecular flexibility index (Phi) is 9.87. The van der Waals surface area contributed by atoms with Gasteiger partial charge in [0.15, 0.2) is 0 Å². The highest BCUT2D eigenvalue weighted by molar-refractivity contribution is 5.78. The maximum atomic E-state index is 12.9. The Morgan fingerprint density at radius 2 is 1.87 bits per heavy atom. The minimum absolute atomic E-state index is 0.0165. The number of hydrogen-bond donors (Lipinski definition) is 1. The summed E-state index contributed by atoms with van der Waals surface area (Å²) in [6.45, 7) is 2.41. The van der Waals surface area contributed by atoms with Crippen molar-refractivity contribution in [1.82, 2.24) is 10.2 Å². The molecule has 0 saturated carbocycles. The van der Waals surface area contributed by atoms with Gasteiger partial charge in [0.05, 0.1) is 14.2 Å². The topological polar surface area (TPSA) is 50.8 Å². The van der Waals surface area contributed by atoms with Gasteiger partial charge in [-0.25, -0.2) is 4.39 Å². The highest BCUT2D eigenvalue weighted by Gasteiger charge is 2.07. The van der Waals surface area contributed by atoms with Gasteiger partial charge in [0, 0.05) is 19.5 Å². The highest BCUT2D eigenvalue weighted by atomic mass is 19.1. The molecule has 0 aliphatic rings. The molecule has 1 N–H and O–H groups in total. The van der Waals surface area contributed by atoms with Crippen LogP contribution in [0.5, 0.6) is 11.5 Å². The monoisotopic (exact) mass is 414 g/mol. The molecule has 0 radical (unpaired) electrons. The molecule has 0 fully saturated rings. The van der Waals surface area contributed by atoms with E-state index in [1.54, 1.807) is 32.4 Å². The van der Waals surface area contributed by atoms with E-state index in [1.165, 1.54) is 12.1 Å². The number of benzene rings is 2. The fourth-order valence-electron chi connectivity index (χ4n) is 3.03. The molecule has 30 heavy (non-hydrogen) atoms. The highest BCUT2D eigenvalue weighted by Crippen LogP contribution is 2.24. The molecule has 0 atom stereocenters. The van der Waals surface area contributed by atoms with Crippen molar-refractivity contribution in [1.29, 1.82) is 0 Å². The Morgan fingerprint density at radius 3 is 2.57 bits per heavy atom. The molecule has 0 aliphatic heterocycles. The van der Waals surface area contributed by atoms with E-state index in [4.69, 9.17) is 9.47 Å². The summed E-state index contributed by atoms with van der Waals surface area (Å²) in [5.41, 5.74) is 1.99. The zero-order valence-corrected chi connectivity index (χ0v) is 18.0. The van der Waals surface area contributed by atoms with Crippen molar-refractivity contribution in [3.8, 4) is 11.5 Å². The summed E-state index contributed by atoms with van der Waals surface area (Å²) >= 11 is 0. The largest absolute Gasteiger partial charge is 0.497 e. The van der Waals surface area contributed by atoms with Crippen LogP contribution >= 0.6 is 0 Å². The van der Waals surface area contributed by atoms with Crippen LogP contribution in [0.3, 0.4) is 0 Å². The fraction of sp³-hybridized carbons (Fsp3) is 0.375. The molecule has 1 amide bonds. The number of carbonyl (C=O) groups excluding carboxylic acids is 1. The summed E-state index contributed by atoms with van der Waals surface area (Å²) in [5.74, 6) is 1.41. The lowest BCUT2D eigenvalue weighted by Crippen LogP contribution is -2.28. The van der Waals surface area contributed by atoms with Crippen molar-refractivity contribution in [3.63, 3.8) is 0 Å². The van der Waals surface area contributed by atoms with Gasteiger partial charge in [0.2, 0.25) is 5.91 Å². The van der Waals surface area contributed by atoms with Crippen molar-refractivity contribution in [3.05, 3.63) is 65.5 Å². The maximum absolute atomic E-state index is 12.9. The molecular weight excluding hydrogens is 383 g/mol. The third kappa shape index (κ3) is 8.25. The predicted octanol–water partition coefficient (Wildman–Crippen LogP) is 3.93. The van der Waals surface area contributed by atoms with E-state index in [0.717, 1.165) is 48.6 Å². The van der Waals surface area contributed by atoms with Crippen molar-refractivity contribution >= 4 is 12.0 Å². The third-order valence-corrected chi connectivity index (χ3v) is 4.77. The Morgan fingerprint density at radius 1 is 1.10 bits per heavy atom. The molecule has 5 nitrogen and oxygen atoms in total. The van der Waals surface area contributed by atoms with E-state index in [1.807, 2.05) is 24.3 Å². The van der Waals surface area contributed by atoms with Crippen molar-refractivity contribution in [2.45, 2.75) is 19.3 Å². The summed E-state index contributed by atoms with van der Waals surface area (Å²) < 4.78 is 23.6. The molecular formula is C24H31FN2O3. The maximum Gasteiger partial charge on any atom is 0.223 e. The van der Waals surface area contributed by atoms with Crippen LogP contribution in [0.2, 0.25) is 0 Å². The van der Waals surface area contributed by atoms with Crippen LogP contribution in [0.4, 0.5) is 4.39 Å². The quantitative estimate of drug-likeness (QED) is 0.535. The smallest absolute Gasteiger partial charge is 0.223 e. The van der Waals surface area contributed by atoms with Crippen LogP contribution in [0.15, 0.2) is 48.5 Å². The van der Waals surface area contributed by atoms with Gasteiger partial charge in [-0.3, -0.25) is 4.79 Å². The third-order valence-electron chi connectivity index (χ3n) is 4.77. The summed E-state index contributed by atoms with van der Waals surface area (Å²) in [6, 6.07) is 12.0. The van der Waals surface area contributed by atoms with Crippen LogP contribution in [0.1, 0.15) is 24.0 Å². The second-order valence-electron chi connectivity index (χ2n) is 7.09. The van der Waals surface area contributed by atoms with Gasteiger partial charge in [-0.05, 0) is 67.9 Å². The summed E-state index contributed by atoms with van der Waals surface area (Å²) in [4.78, 5) is 14.1. The van der Waals surface area contributed by atoms with E-state index in [9.17, 15) is 9.18 Å². The lowest BCUT2D eigenvalue weighted by atomic mass is 10.1. The second kappa shape index (κ2) is 12.6. The molecule has 0 saturated heterocycles. The van der Waals surface area contributed by atoms with E-state index in [-0.39, 0.29) is 11.7 Å². The zero-order chi connectivity index (χ0) is 21.8. The molecule has 162 valence electrons. The number of ether oxygens (including phenoxy) is 2. The van der Waals surface area contributed by atoms with Gasteiger partial charge in [0.25, 0.3) is 0 Å². The molecule has 0 bridgehead atoms. The van der Waals surface area contributed by atoms with Crippen molar-refractivity contribution < 1.29 is 18.7 Å². The first-order valence-corrected chi connectivity index (χ1v) is 10.1. The Balaban J connectivity index is 1.63.